The van der Waals surface area contributed by atoms with Gasteiger partial charge in [-0.1, -0.05) is 27.7 Å². The topological polar surface area (TPSA) is 87.0 Å². The molecule has 0 aliphatic carbocycles. The van der Waals surface area contributed by atoms with Gasteiger partial charge in [-0.2, -0.15) is 0 Å². The van der Waals surface area contributed by atoms with E-state index in [0.717, 1.165) is 0 Å². The summed E-state index contributed by atoms with van der Waals surface area (Å²) in [6.07, 6.45) is -2.28. The van der Waals surface area contributed by atoms with Crippen LogP contribution in [0.5, 0.6) is 0 Å². The van der Waals surface area contributed by atoms with Gasteiger partial charge in [0.25, 0.3) is 0 Å². The van der Waals surface area contributed by atoms with E-state index in [-0.39, 0.29) is 23.2 Å². The Balaban J connectivity index is 2.68. The van der Waals surface area contributed by atoms with Crippen molar-refractivity contribution in [3.8, 4) is 0 Å². The fraction of sp³-hybridized carbons (Fsp3) is 0.923. The number of carboxylic acids is 1. The van der Waals surface area contributed by atoms with Crippen LogP contribution in [0.1, 0.15) is 27.7 Å². The van der Waals surface area contributed by atoms with Crippen LogP contribution in [0, 0.1) is 11.3 Å². The molecule has 5 nitrogen and oxygen atoms in total. The van der Waals surface area contributed by atoms with Gasteiger partial charge in [-0.3, -0.25) is 4.79 Å². The molecule has 1 rings (SSSR count). The zero-order valence-corrected chi connectivity index (χ0v) is 12.7. The molecule has 5 atom stereocenters. The summed E-state index contributed by atoms with van der Waals surface area (Å²) in [4.78, 5) is 10.5. The van der Waals surface area contributed by atoms with Gasteiger partial charge in [0.05, 0.1) is 30.2 Å². The molecule has 0 saturated carbocycles. The van der Waals surface area contributed by atoms with Crippen molar-refractivity contribution < 1.29 is 24.9 Å². The Kier molecular flexibility index (Phi) is 5.67. The lowest BCUT2D eigenvalue weighted by Crippen LogP contribution is -2.57. The molecule has 0 bridgehead atoms. The van der Waals surface area contributed by atoms with Gasteiger partial charge in [0.1, 0.15) is 0 Å². The van der Waals surface area contributed by atoms with Gasteiger partial charge < -0.3 is 20.1 Å². The van der Waals surface area contributed by atoms with Crippen molar-refractivity contribution in [3.63, 3.8) is 0 Å². The molecule has 0 radical (unpaired) electrons. The summed E-state index contributed by atoms with van der Waals surface area (Å²) in [5, 5.41) is 28.9. The van der Waals surface area contributed by atoms with Crippen molar-refractivity contribution in [2.24, 2.45) is 11.3 Å². The Labute approximate surface area is 118 Å². The van der Waals surface area contributed by atoms with Crippen molar-refractivity contribution in [2.45, 2.75) is 52.1 Å². The molecule has 0 aromatic heterocycles. The summed E-state index contributed by atoms with van der Waals surface area (Å²) in [6.45, 7) is 7.73. The van der Waals surface area contributed by atoms with E-state index in [9.17, 15) is 15.0 Å². The molecule has 0 spiro atoms. The zero-order valence-electron chi connectivity index (χ0n) is 11.9. The number of aliphatic carboxylic acids is 1. The molecular formula is C13H24O5S. The summed E-state index contributed by atoms with van der Waals surface area (Å²) in [6, 6.07) is 0. The van der Waals surface area contributed by atoms with Crippen molar-refractivity contribution in [2.75, 3.05) is 11.5 Å². The van der Waals surface area contributed by atoms with Crippen molar-refractivity contribution in [1.29, 1.82) is 0 Å². The van der Waals surface area contributed by atoms with Gasteiger partial charge >= 0.3 is 5.97 Å². The van der Waals surface area contributed by atoms with Crippen LogP contribution in [0.2, 0.25) is 0 Å². The minimum absolute atomic E-state index is 0.0102. The lowest BCUT2D eigenvalue weighted by atomic mass is 9.77. The van der Waals surface area contributed by atoms with Crippen LogP contribution < -0.4 is 0 Å². The minimum atomic E-state index is -0.879. The zero-order chi connectivity index (χ0) is 14.8. The molecule has 0 aromatic rings. The highest BCUT2D eigenvalue weighted by atomic mass is 32.2. The van der Waals surface area contributed by atoms with Gasteiger partial charge in [0.15, 0.2) is 0 Å². The van der Waals surface area contributed by atoms with E-state index in [2.05, 4.69) is 0 Å². The predicted octanol–water partition coefficient (Wildman–Crippen LogP) is 0.976. The first kappa shape index (κ1) is 16.8. The number of rotatable bonds is 4. The quantitative estimate of drug-likeness (QED) is 0.716. The molecule has 1 saturated heterocycles. The number of carboxylic acid groups (broad SMARTS) is 1. The number of aliphatic hydroxyl groups is 2. The number of carbonyl (C=O) groups is 1. The van der Waals surface area contributed by atoms with E-state index in [0.29, 0.717) is 5.75 Å². The summed E-state index contributed by atoms with van der Waals surface area (Å²) in [5.74, 6) is -0.759. The maximum Gasteiger partial charge on any atom is 0.313 e. The van der Waals surface area contributed by atoms with Gasteiger partial charge in [-0.15, -0.1) is 11.8 Å². The van der Waals surface area contributed by atoms with E-state index >= 15 is 0 Å². The largest absolute Gasteiger partial charge is 0.481 e. The van der Waals surface area contributed by atoms with Crippen LogP contribution in [0.3, 0.4) is 0 Å². The van der Waals surface area contributed by atoms with E-state index in [1.165, 1.54) is 11.8 Å². The maximum atomic E-state index is 10.5. The van der Waals surface area contributed by atoms with Crippen molar-refractivity contribution >= 4 is 17.7 Å². The Bertz CT molecular complexity index is 315. The third-order valence-electron chi connectivity index (χ3n) is 3.45. The van der Waals surface area contributed by atoms with Crippen LogP contribution >= 0.6 is 11.8 Å². The first-order chi connectivity index (χ1) is 8.64. The van der Waals surface area contributed by atoms with E-state index in [1.807, 2.05) is 20.8 Å². The number of thioether (sulfide) groups is 1. The lowest BCUT2D eigenvalue weighted by molar-refractivity contribution is -0.216. The van der Waals surface area contributed by atoms with Crippen LogP contribution in [-0.2, 0) is 9.53 Å². The standard InChI is InChI=1S/C13H24O5S/c1-7-10(16)8(5-19-6-9(14)15)18-12(11(7)17)13(2,3)4/h7-8,10-12,16-17H,5-6H2,1-4H3,(H,14,15)/t7-,8+,10-,11+,12+/m0/s1. The Morgan fingerprint density at radius 2 is 1.84 bits per heavy atom. The molecule has 3 N–H and O–H groups in total. The highest BCUT2D eigenvalue weighted by molar-refractivity contribution is 7.99. The highest BCUT2D eigenvalue weighted by Crippen LogP contribution is 2.36. The summed E-state index contributed by atoms with van der Waals surface area (Å²) < 4.78 is 5.81. The van der Waals surface area contributed by atoms with Gasteiger partial charge in [-0.05, 0) is 5.41 Å². The number of hydrogen-bond acceptors (Lipinski definition) is 5. The summed E-state index contributed by atoms with van der Waals surface area (Å²) in [5.41, 5.74) is -0.233. The highest BCUT2D eigenvalue weighted by Gasteiger charge is 2.46. The molecule has 112 valence electrons. The molecular weight excluding hydrogens is 268 g/mol. The third kappa shape index (κ3) is 4.34. The molecule has 1 aliphatic rings. The SMILES string of the molecule is C[C@@H]1[C@@H](O)[C@H](C(C)(C)C)O[C@H](CSCC(=O)O)[C@H]1O. The van der Waals surface area contributed by atoms with E-state index in [4.69, 9.17) is 9.84 Å². The first-order valence-corrected chi connectivity index (χ1v) is 7.61. The third-order valence-corrected chi connectivity index (χ3v) is 4.47. The summed E-state index contributed by atoms with van der Waals surface area (Å²) in [7, 11) is 0. The fourth-order valence-electron chi connectivity index (χ4n) is 2.28. The molecule has 19 heavy (non-hydrogen) atoms. The van der Waals surface area contributed by atoms with Gasteiger partial charge in [-0.25, -0.2) is 0 Å². The number of aliphatic hydroxyl groups excluding tert-OH is 2. The van der Waals surface area contributed by atoms with Crippen LogP contribution in [0.25, 0.3) is 0 Å². The smallest absolute Gasteiger partial charge is 0.313 e. The Hall–Kier alpha value is -0.300. The predicted molar refractivity (Wildman–Crippen MR) is 74.3 cm³/mol. The summed E-state index contributed by atoms with van der Waals surface area (Å²) >= 11 is 1.22. The second-order valence-corrected chi connectivity index (χ2v) is 7.24. The van der Waals surface area contributed by atoms with E-state index in [1.54, 1.807) is 6.92 Å². The first-order valence-electron chi connectivity index (χ1n) is 6.45. The number of ether oxygens (including phenoxy) is 1. The normalized spacial score (nSPS) is 36.2. The van der Waals surface area contributed by atoms with E-state index < -0.39 is 24.3 Å². The molecule has 0 aromatic carbocycles. The minimum Gasteiger partial charge on any atom is -0.481 e. The number of hydrogen-bond donors (Lipinski definition) is 3. The van der Waals surface area contributed by atoms with Gasteiger partial charge in [0.2, 0.25) is 0 Å². The Morgan fingerprint density at radius 3 is 2.32 bits per heavy atom. The van der Waals surface area contributed by atoms with Crippen LogP contribution in [0.15, 0.2) is 0 Å². The van der Waals surface area contributed by atoms with Crippen molar-refractivity contribution in [1.82, 2.24) is 0 Å². The molecule has 1 aliphatic heterocycles. The molecule has 1 heterocycles. The second-order valence-electron chi connectivity index (χ2n) is 6.21. The molecule has 6 heteroatoms. The second kappa shape index (κ2) is 6.43. The van der Waals surface area contributed by atoms with Crippen LogP contribution in [-0.4, -0.2) is 57.2 Å². The molecule has 1 fully saturated rings. The fourth-order valence-corrected chi connectivity index (χ4v) is 3.08. The van der Waals surface area contributed by atoms with Crippen molar-refractivity contribution in [3.05, 3.63) is 0 Å². The Morgan fingerprint density at radius 1 is 1.26 bits per heavy atom. The monoisotopic (exact) mass is 292 g/mol. The van der Waals surface area contributed by atoms with Crippen LogP contribution in [0.4, 0.5) is 0 Å². The average Bonchev–Trinajstić information content (AvgIpc) is 2.27. The molecule has 0 amide bonds. The maximum absolute atomic E-state index is 10.5. The average molecular weight is 292 g/mol. The van der Waals surface area contributed by atoms with Gasteiger partial charge in [0, 0.05) is 11.7 Å². The lowest BCUT2D eigenvalue weighted by Gasteiger charge is -2.46. The molecule has 0 unspecified atom stereocenters.